The molecule has 2 aromatic rings. The number of methoxy groups -OCH3 is 1. The number of nitrogens with zero attached hydrogens (tertiary/aromatic N) is 3. The van der Waals surface area contributed by atoms with Gasteiger partial charge < -0.3 is 9.47 Å². The van der Waals surface area contributed by atoms with E-state index in [2.05, 4.69) is 21.9 Å². The summed E-state index contributed by atoms with van der Waals surface area (Å²) in [5.41, 5.74) is 0.494. The van der Waals surface area contributed by atoms with Crippen LogP contribution in [0.25, 0.3) is 0 Å². The zero-order valence-electron chi connectivity index (χ0n) is 12.5. The normalized spacial score (nSPS) is 11.7. The van der Waals surface area contributed by atoms with Crippen molar-refractivity contribution in [3.63, 3.8) is 0 Å². The zero-order valence-corrected chi connectivity index (χ0v) is 13.3. The predicted octanol–water partition coefficient (Wildman–Crippen LogP) is 3.42. The van der Waals surface area contributed by atoms with Crippen molar-refractivity contribution in [1.29, 1.82) is 0 Å². The fraction of sp³-hybridized carbons (Fsp3) is 0.214. The monoisotopic (exact) mass is 358 g/mol. The van der Waals surface area contributed by atoms with Gasteiger partial charge in [0, 0.05) is 0 Å². The molecule has 0 amide bonds. The van der Waals surface area contributed by atoms with Crippen LogP contribution in [-0.2, 0) is 6.18 Å². The maximum atomic E-state index is 12.8. The summed E-state index contributed by atoms with van der Waals surface area (Å²) in [6, 6.07) is 4.79. The second kappa shape index (κ2) is 7.30. The standard InChI is InChI=1S/C14H13F3N4O2S/c1-3-6-23-10-5-4-9(7-11(10)22-2)8-18-21-12(14(15,16)17)19-20-13(21)24/h3-5,7-8H,1,6H2,2H3,(H,20,24). The van der Waals surface area contributed by atoms with Crippen LogP contribution < -0.4 is 9.47 Å². The van der Waals surface area contributed by atoms with Gasteiger partial charge in [-0.3, -0.25) is 0 Å². The highest BCUT2D eigenvalue weighted by molar-refractivity contribution is 7.71. The first-order valence-electron chi connectivity index (χ1n) is 6.57. The number of aromatic nitrogens is 3. The van der Waals surface area contributed by atoms with Crippen molar-refractivity contribution in [3.8, 4) is 11.5 Å². The smallest absolute Gasteiger partial charge is 0.453 e. The Balaban J connectivity index is 2.32. The molecule has 0 unspecified atom stereocenters. The first-order chi connectivity index (χ1) is 11.4. The third-order valence-corrected chi connectivity index (χ3v) is 3.03. The fourth-order valence-electron chi connectivity index (χ4n) is 1.74. The van der Waals surface area contributed by atoms with E-state index >= 15 is 0 Å². The maximum absolute atomic E-state index is 12.8. The van der Waals surface area contributed by atoms with Crippen LogP contribution in [0.1, 0.15) is 11.4 Å². The van der Waals surface area contributed by atoms with Crippen LogP contribution in [0.4, 0.5) is 13.2 Å². The van der Waals surface area contributed by atoms with Gasteiger partial charge >= 0.3 is 6.18 Å². The molecule has 6 nitrogen and oxygen atoms in total. The second-order valence-corrected chi connectivity index (χ2v) is 4.80. The van der Waals surface area contributed by atoms with Crippen molar-refractivity contribution in [1.82, 2.24) is 14.9 Å². The number of rotatable bonds is 6. The first kappa shape index (κ1) is 17.7. The lowest BCUT2D eigenvalue weighted by atomic mass is 10.2. The molecule has 10 heteroatoms. The quantitative estimate of drug-likeness (QED) is 0.488. The van der Waals surface area contributed by atoms with Gasteiger partial charge in [0.1, 0.15) is 6.61 Å². The third kappa shape index (κ3) is 4.02. The van der Waals surface area contributed by atoms with E-state index in [-0.39, 0.29) is 4.77 Å². The number of hydrogen-bond acceptors (Lipinski definition) is 5. The minimum atomic E-state index is -4.68. The van der Waals surface area contributed by atoms with Crippen molar-refractivity contribution in [2.45, 2.75) is 6.18 Å². The van der Waals surface area contributed by atoms with E-state index < -0.39 is 12.0 Å². The summed E-state index contributed by atoms with van der Waals surface area (Å²) in [6.45, 7) is 3.84. The van der Waals surface area contributed by atoms with Crippen LogP contribution in [0.3, 0.4) is 0 Å². The molecule has 0 radical (unpaired) electrons. The molecule has 1 N–H and O–H groups in total. The summed E-state index contributed by atoms with van der Waals surface area (Å²) < 4.78 is 49.2. The van der Waals surface area contributed by atoms with E-state index in [0.717, 1.165) is 0 Å². The van der Waals surface area contributed by atoms with Gasteiger partial charge in [-0.25, -0.2) is 5.10 Å². The molecule has 24 heavy (non-hydrogen) atoms. The van der Waals surface area contributed by atoms with E-state index in [9.17, 15) is 13.2 Å². The van der Waals surface area contributed by atoms with Crippen LogP contribution in [-0.4, -0.2) is 34.8 Å². The Kier molecular flexibility index (Phi) is 5.39. The van der Waals surface area contributed by atoms with Crippen LogP contribution in [0.2, 0.25) is 0 Å². The molecule has 0 atom stereocenters. The largest absolute Gasteiger partial charge is 0.493 e. The van der Waals surface area contributed by atoms with E-state index in [1.807, 2.05) is 0 Å². The Bertz CT molecular complexity index is 811. The minimum Gasteiger partial charge on any atom is -0.493 e. The second-order valence-electron chi connectivity index (χ2n) is 4.42. The Hall–Kier alpha value is -2.62. The number of H-pyrrole nitrogens is 1. The molecule has 0 aliphatic carbocycles. The Morgan fingerprint density at radius 2 is 2.17 bits per heavy atom. The molecule has 0 aliphatic heterocycles. The number of aromatic amines is 1. The Morgan fingerprint density at radius 3 is 2.79 bits per heavy atom. The number of nitrogens with one attached hydrogen (secondary N) is 1. The van der Waals surface area contributed by atoms with Gasteiger partial charge in [0.25, 0.3) is 5.82 Å². The van der Waals surface area contributed by atoms with Gasteiger partial charge in [0.2, 0.25) is 4.77 Å². The van der Waals surface area contributed by atoms with E-state index in [0.29, 0.717) is 28.3 Å². The molecule has 2 rings (SSSR count). The average molecular weight is 358 g/mol. The molecule has 0 fully saturated rings. The molecule has 0 aliphatic rings. The predicted molar refractivity (Wildman–Crippen MR) is 84.1 cm³/mol. The van der Waals surface area contributed by atoms with E-state index in [4.69, 9.17) is 21.7 Å². The number of benzene rings is 1. The molecule has 0 bridgehead atoms. The van der Waals surface area contributed by atoms with Crippen LogP contribution in [0.15, 0.2) is 36.0 Å². The minimum absolute atomic E-state index is 0.267. The SMILES string of the molecule is C=CCOc1ccc(C=Nn2c(C(F)(F)F)n[nH]c2=S)cc1OC. The average Bonchev–Trinajstić information content (AvgIpc) is 2.92. The zero-order chi connectivity index (χ0) is 17.7. The summed E-state index contributed by atoms with van der Waals surface area (Å²) in [5.74, 6) is -0.347. The van der Waals surface area contributed by atoms with E-state index in [1.54, 1.807) is 24.3 Å². The summed E-state index contributed by atoms with van der Waals surface area (Å²) in [6.07, 6.45) is -1.89. The van der Waals surface area contributed by atoms with Gasteiger partial charge in [0.15, 0.2) is 11.5 Å². The van der Waals surface area contributed by atoms with E-state index in [1.165, 1.54) is 13.3 Å². The summed E-state index contributed by atoms with van der Waals surface area (Å²) in [7, 11) is 1.45. The molecule has 1 heterocycles. The number of hydrogen-bond donors (Lipinski definition) is 1. The fourth-order valence-corrected chi connectivity index (χ4v) is 1.92. The van der Waals surface area contributed by atoms with Crippen molar-refractivity contribution >= 4 is 18.4 Å². The van der Waals surface area contributed by atoms with Crippen LogP contribution in [0, 0.1) is 4.77 Å². The summed E-state index contributed by atoms with van der Waals surface area (Å²) in [5, 5.41) is 8.93. The highest BCUT2D eigenvalue weighted by Gasteiger charge is 2.37. The number of halogens is 3. The molecule has 1 aromatic carbocycles. The Morgan fingerprint density at radius 1 is 1.42 bits per heavy atom. The lowest BCUT2D eigenvalue weighted by Gasteiger charge is -2.09. The van der Waals surface area contributed by atoms with Gasteiger partial charge in [-0.05, 0) is 36.0 Å². The van der Waals surface area contributed by atoms with Gasteiger partial charge in [-0.1, -0.05) is 12.7 Å². The highest BCUT2D eigenvalue weighted by Crippen LogP contribution is 2.29. The molecule has 0 saturated carbocycles. The maximum Gasteiger partial charge on any atom is 0.453 e. The molecule has 128 valence electrons. The molecular formula is C14H13F3N4O2S. The molecular weight excluding hydrogens is 345 g/mol. The van der Waals surface area contributed by atoms with Crippen LogP contribution >= 0.6 is 12.2 Å². The van der Waals surface area contributed by atoms with Gasteiger partial charge in [-0.2, -0.15) is 22.9 Å². The first-order valence-corrected chi connectivity index (χ1v) is 6.98. The van der Waals surface area contributed by atoms with Crippen molar-refractivity contribution < 1.29 is 22.6 Å². The summed E-state index contributed by atoms with van der Waals surface area (Å²) in [4.78, 5) is 0. The number of ether oxygens (including phenoxy) is 2. The summed E-state index contributed by atoms with van der Waals surface area (Å²) >= 11 is 4.75. The highest BCUT2D eigenvalue weighted by atomic mass is 32.1. The molecule has 0 saturated heterocycles. The van der Waals surface area contributed by atoms with Crippen LogP contribution in [0.5, 0.6) is 11.5 Å². The van der Waals surface area contributed by atoms with Crippen molar-refractivity contribution in [2.24, 2.45) is 5.10 Å². The van der Waals surface area contributed by atoms with Crippen molar-refractivity contribution in [2.75, 3.05) is 13.7 Å². The molecule has 1 aromatic heterocycles. The Labute approximate surface area is 140 Å². The topological polar surface area (TPSA) is 64.4 Å². The lowest BCUT2D eigenvalue weighted by Crippen LogP contribution is -2.12. The number of alkyl halides is 3. The lowest BCUT2D eigenvalue weighted by molar-refractivity contribution is -0.147. The molecule has 0 spiro atoms. The third-order valence-electron chi connectivity index (χ3n) is 2.77. The van der Waals surface area contributed by atoms with Gasteiger partial charge in [-0.15, -0.1) is 5.10 Å². The van der Waals surface area contributed by atoms with Crippen molar-refractivity contribution in [3.05, 3.63) is 47.0 Å². The van der Waals surface area contributed by atoms with Gasteiger partial charge in [0.05, 0.1) is 13.3 Å².